The van der Waals surface area contributed by atoms with Gasteiger partial charge in [0.05, 0.1) is 22.0 Å². The highest BCUT2D eigenvalue weighted by atomic mass is 79.9. The van der Waals surface area contributed by atoms with E-state index in [1.165, 1.54) is 12.3 Å². The summed E-state index contributed by atoms with van der Waals surface area (Å²) in [6.45, 7) is -0.0867. The van der Waals surface area contributed by atoms with Crippen molar-refractivity contribution >= 4 is 88.8 Å². The summed E-state index contributed by atoms with van der Waals surface area (Å²) in [6, 6.07) is 21.9. The Morgan fingerprint density at radius 3 is 2.63 bits per heavy atom. The van der Waals surface area contributed by atoms with E-state index in [0.29, 0.717) is 42.3 Å². The van der Waals surface area contributed by atoms with E-state index in [-0.39, 0.29) is 29.4 Å². The third-order valence-electron chi connectivity index (χ3n) is 6.41. The lowest BCUT2D eigenvalue weighted by molar-refractivity contribution is -0.386. The Balaban J connectivity index is 1.49. The van der Waals surface area contributed by atoms with Crippen LogP contribution in [0.3, 0.4) is 0 Å². The largest absolute Gasteiger partial charge is 0.481 e. The summed E-state index contributed by atoms with van der Waals surface area (Å²) in [5.41, 5.74) is 1.07. The van der Waals surface area contributed by atoms with Crippen molar-refractivity contribution in [2.75, 3.05) is 0 Å². The third-order valence-corrected chi connectivity index (χ3v) is 7.95. The highest BCUT2D eigenvalue weighted by molar-refractivity contribution is 9.10. The van der Waals surface area contributed by atoms with Gasteiger partial charge in [-0.3, -0.25) is 14.9 Å². The van der Waals surface area contributed by atoms with Gasteiger partial charge in [0.15, 0.2) is 5.76 Å². The Hall–Kier alpha value is -4.03. The molecule has 0 radical (unpaired) electrons. The topological polar surface area (TPSA) is 113 Å². The minimum absolute atomic E-state index is 0.0695. The molecule has 0 bridgehead atoms. The summed E-state index contributed by atoms with van der Waals surface area (Å²) in [7, 11) is 0. The van der Waals surface area contributed by atoms with Crippen LogP contribution in [0.5, 0.6) is 5.75 Å². The number of nitrogens with zero attached hydrogens (tertiary/aromatic N) is 4. The lowest BCUT2D eigenvalue weighted by atomic mass is 10.2. The van der Waals surface area contributed by atoms with Gasteiger partial charge in [0.25, 0.3) is 5.56 Å². The number of para-hydroxylation sites is 1. The molecule has 0 N–H and O–H groups in total. The van der Waals surface area contributed by atoms with Crippen molar-refractivity contribution in [2.24, 2.45) is 5.10 Å². The fourth-order valence-electron chi connectivity index (χ4n) is 4.41. The van der Waals surface area contributed by atoms with Crippen molar-refractivity contribution in [3.05, 3.63) is 129 Å². The molecule has 13 heteroatoms. The van der Waals surface area contributed by atoms with Gasteiger partial charge in [0, 0.05) is 41.6 Å². The standard InChI is InChI=1S/C30H16Br2Cl2N4O5/c31-19-6-8-26-17(9-19)11-27(43-26)29-36-24-4-2-1-3-22(24)30(39)37(29)35-14-18-10-20(32)12-25(38(40)41)28(18)42-15-16-5-7-21(33)13-23(16)34/h1-14H,15H2. The van der Waals surface area contributed by atoms with Gasteiger partial charge in [-0.25, -0.2) is 4.98 Å². The van der Waals surface area contributed by atoms with Gasteiger partial charge in [-0.15, -0.1) is 0 Å². The van der Waals surface area contributed by atoms with E-state index in [1.807, 2.05) is 12.1 Å². The van der Waals surface area contributed by atoms with E-state index in [2.05, 4.69) is 41.9 Å². The predicted octanol–water partition coefficient (Wildman–Crippen LogP) is 9.01. The molecule has 9 nitrogen and oxygen atoms in total. The summed E-state index contributed by atoms with van der Waals surface area (Å²) in [6.07, 6.45) is 1.30. The summed E-state index contributed by atoms with van der Waals surface area (Å²) < 4.78 is 14.3. The quantitative estimate of drug-likeness (QED) is 0.0917. The van der Waals surface area contributed by atoms with Gasteiger partial charge in [-0.1, -0.05) is 73.3 Å². The van der Waals surface area contributed by atoms with Crippen molar-refractivity contribution in [1.82, 2.24) is 9.66 Å². The maximum atomic E-state index is 13.7. The Morgan fingerprint density at radius 1 is 1.02 bits per heavy atom. The number of halogens is 4. The van der Waals surface area contributed by atoms with Gasteiger partial charge in [-0.2, -0.15) is 9.78 Å². The number of hydrogen-bond acceptors (Lipinski definition) is 7. The average molecular weight is 743 g/mol. The summed E-state index contributed by atoms with van der Waals surface area (Å²) in [5, 5.41) is 18.4. The number of nitro benzene ring substituents is 1. The molecule has 0 aliphatic heterocycles. The summed E-state index contributed by atoms with van der Waals surface area (Å²) in [5.74, 6) is 0.384. The molecule has 4 aromatic carbocycles. The Kier molecular flexibility index (Phi) is 8.06. The zero-order valence-electron chi connectivity index (χ0n) is 21.6. The van der Waals surface area contributed by atoms with Crippen LogP contribution in [-0.4, -0.2) is 20.8 Å². The number of nitro groups is 1. The lowest BCUT2D eigenvalue weighted by Gasteiger charge is -2.12. The molecule has 0 saturated carbocycles. The lowest BCUT2D eigenvalue weighted by Crippen LogP contribution is -2.20. The van der Waals surface area contributed by atoms with E-state index in [1.54, 1.807) is 60.7 Å². The number of furan rings is 1. The van der Waals surface area contributed by atoms with Crippen molar-refractivity contribution in [1.29, 1.82) is 0 Å². The monoisotopic (exact) mass is 740 g/mol. The maximum absolute atomic E-state index is 13.7. The maximum Gasteiger partial charge on any atom is 0.312 e. The number of benzene rings is 4. The van der Waals surface area contributed by atoms with Crippen molar-refractivity contribution in [2.45, 2.75) is 6.61 Å². The highest BCUT2D eigenvalue weighted by Gasteiger charge is 2.22. The number of hydrogen-bond donors (Lipinski definition) is 0. The smallest absolute Gasteiger partial charge is 0.312 e. The first-order chi connectivity index (χ1) is 20.7. The predicted molar refractivity (Wildman–Crippen MR) is 173 cm³/mol. The zero-order chi connectivity index (χ0) is 30.2. The Bertz CT molecular complexity index is 2160. The van der Waals surface area contributed by atoms with Crippen LogP contribution in [0.4, 0.5) is 5.69 Å². The molecular formula is C30H16Br2Cl2N4O5. The van der Waals surface area contributed by atoms with Crippen LogP contribution in [0.25, 0.3) is 33.5 Å². The molecule has 0 atom stereocenters. The first-order valence-corrected chi connectivity index (χ1v) is 14.8. The molecule has 0 aliphatic carbocycles. The van der Waals surface area contributed by atoms with Crippen LogP contribution in [0.15, 0.2) is 102 Å². The number of fused-ring (bicyclic) bond motifs is 2. The van der Waals surface area contributed by atoms with Crippen molar-refractivity contribution < 1.29 is 14.1 Å². The minimum Gasteiger partial charge on any atom is -0.481 e. The number of aromatic nitrogens is 2. The second-order valence-electron chi connectivity index (χ2n) is 9.23. The second-order valence-corrected chi connectivity index (χ2v) is 11.9. The van der Waals surface area contributed by atoms with Gasteiger partial charge in [-0.05, 0) is 54.6 Å². The molecule has 0 saturated heterocycles. The molecule has 6 aromatic rings. The minimum atomic E-state index is -0.567. The fraction of sp³-hybridized carbons (Fsp3) is 0.0333. The Labute approximate surface area is 269 Å². The van der Waals surface area contributed by atoms with Crippen LogP contribution in [0.1, 0.15) is 11.1 Å². The molecule has 0 fully saturated rings. The first-order valence-electron chi connectivity index (χ1n) is 12.5. The highest BCUT2D eigenvalue weighted by Crippen LogP contribution is 2.35. The molecule has 0 aliphatic rings. The number of rotatable bonds is 7. The van der Waals surface area contributed by atoms with Gasteiger partial charge < -0.3 is 9.15 Å². The average Bonchev–Trinajstić information content (AvgIpc) is 3.39. The van der Waals surface area contributed by atoms with E-state index < -0.39 is 10.5 Å². The zero-order valence-corrected chi connectivity index (χ0v) is 26.3. The molecule has 2 heterocycles. The van der Waals surface area contributed by atoms with E-state index in [4.69, 9.17) is 32.4 Å². The normalized spacial score (nSPS) is 11.5. The Morgan fingerprint density at radius 2 is 1.84 bits per heavy atom. The van der Waals surface area contributed by atoms with Crippen molar-refractivity contribution in [3.8, 4) is 17.3 Å². The SMILES string of the molecule is O=c1c2ccccc2nc(-c2cc3cc(Br)ccc3o2)n1N=Cc1cc(Br)cc([N+](=O)[O-])c1OCc1ccc(Cl)cc1Cl. The van der Waals surface area contributed by atoms with Gasteiger partial charge in [0.2, 0.25) is 11.6 Å². The van der Waals surface area contributed by atoms with Crippen LogP contribution in [-0.2, 0) is 6.61 Å². The third kappa shape index (κ3) is 5.94. The van der Waals surface area contributed by atoms with Crippen LogP contribution < -0.4 is 10.3 Å². The molecule has 0 unspecified atom stereocenters. The number of ether oxygens (including phenoxy) is 1. The molecule has 43 heavy (non-hydrogen) atoms. The van der Waals surface area contributed by atoms with Gasteiger partial charge >= 0.3 is 5.69 Å². The molecule has 214 valence electrons. The van der Waals surface area contributed by atoms with Crippen LogP contribution >= 0.6 is 55.1 Å². The van der Waals surface area contributed by atoms with Crippen molar-refractivity contribution in [3.63, 3.8) is 0 Å². The first kappa shape index (κ1) is 29.1. The molecule has 0 amide bonds. The fourth-order valence-corrected chi connectivity index (χ4v) is 5.72. The van der Waals surface area contributed by atoms with E-state index >= 15 is 0 Å². The van der Waals surface area contributed by atoms with E-state index in [9.17, 15) is 14.9 Å². The summed E-state index contributed by atoms with van der Waals surface area (Å²) in [4.78, 5) is 29.8. The van der Waals surface area contributed by atoms with Crippen LogP contribution in [0.2, 0.25) is 10.0 Å². The van der Waals surface area contributed by atoms with E-state index in [0.717, 1.165) is 14.5 Å². The van der Waals surface area contributed by atoms with Gasteiger partial charge in [0.1, 0.15) is 12.2 Å². The molecule has 2 aromatic heterocycles. The molecule has 0 spiro atoms. The molecule has 6 rings (SSSR count). The van der Waals surface area contributed by atoms with Crippen LogP contribution in [0, 0.1) is 10.1 Å². The second kappa shape index (κ2) is 11.9. The molecular weight excluding hydrogens is 727 g/mol. The summed E-state index contributed by atoms with van der Waals surface area (Å²) >= 11 is 19.1.